The number of rotatable bonds is 3. The molecule has 1 fully saturated rings. The van der Waals surface area contributed by atoms with E-state index >= 15 is 0 Å². The van der Waals surface area contributed by atoms with Crippen LogP contribution in [-0.4, -0.2) is 51.1 Å². The first-order valence-corrected chi connectivity index (χ1v) is 9.45. The van der Waals surface area contributed by atoms with Crippen molar-refractivity contribution < 1.29 is 9.50 Å². The summed E-state index contributed by atoms with van der Waals surface area (Å²) in [5, 5.41) is 20.3. The Balaban J connectivity index is 1.64. The molecule has 5 nitrogen and oxygen atoms in total. The Morgan fingerprint density at radius 1 is 1.30 bits per heavy atom. The smallest absolute Gasteiger partial charge is 0.162 e. The van der Waals surface area contributed by atoms with E-state index in [1.165, 1.54) is 6.07 Å². The van der Waals surface area contributed by atoms with E-state index in [0.717, 1.165) is 29.6 Å². The predicted molar refractivity (Wildman–Crippen MR) is 105 cm³/mol. The predicted octanol–water partition coefficient (Wildman–Crippen LogP) is 4.06. The molecule has 0 unspecified atom stereocenters. The van der Waals surface area contributed by atoms with Crippen LogP contribution in [-0.2, 0) is 6.54 Å². The Morgan fingerprint density at radius 2 is 2.11 bits per heavy atom. The Labute approximate surface area is 162 Å². The molecule has 0 bridgehead atoms. The molecule has 2 atom stereocenters. The number of likely N-dealkylation sites (tertiary alicyclic amines) is 1. The number of hydrogen-bond acceptors (Lipinski definition) is 4. The molecule has 3 heterocycles. The summed E-state index contributed by atoms with van der Waals surface area (Å²) in [6.45, 7) is 3.86. The average Bonchev–Trinajstić information content (AvgIpc) is 2.99. The number of phenols is 1. The molecule has 1 aliphatic rings. The SMILES string of the molecule is Cc1cc(Cl)cc(O)c1-c1cc2ccn(C[C@@H]3CCN(C)C[C@@H]3F)c2nn1. The van der Waals surface area contributed by atoms with Crippen molar-refractivity contribution in [3.05, 3.63) is 41.0 Å². The van der Waals surface area contributed by atoms with Gasteiger partial charge in [0.05, 0.1) is 5.69 Å². The van der Waals surface area contributed by atoms with E-state index in [0.29, 0.717) is 29.4 Å². The van der Waals surface area contributed by atoms with Gasteiger partial charge in [-0.1, -0.05) is 11.6 Å². The maximum atomic E-state index is 14.4. The first-order chi connectivity index (χ1) is 12.9. The number of alkyl halides is 1. The van der Waals surface area contributed by atoms with Crippen LogP contribution in [0.15, 0.2) is 30.5 Å². The lowest BCUT2D eigenvalue weighted by Gasteiger charge is -2.32. The van der Waals surface area contributed by atoms with Gasteiger partial charge in [-0.2, -0.15) is 0 Å². The van der Waals surface area contributed by atoms with Crippen molar-refractivity contribution >= 4 is 22.6 Å². The van der Waals surface area contributed by atoms with E-state index in [1.54, 1.807) is 6.07 Å². The van der Waals surface area contributed by atoms with Crippen molar-refractivity contribution in [2.24, 2.45) is 5.92 Å². The lowest BCUT2D eigenvalue weighted by Crippen LogP contribution is -2.40. The van der Waals surface area contributed by atoms with Gasteiger partial charge >= 0.3 is 0 Å². The van der Waals surface area contributed by atoms with Gasteiger partial charge in [-0.05, 0) is 56.8 Å². The van der Waals surface area contributed by atoms with Crippen LogP contribution >= 0.6 is 11.6 Å². The van der Waals surface area contributed by atoms with Gasteiger partial charge in [-0.15, -0.1) is 10.2 Å². The van der Waals surface area contributed by atoms with Crippen molar-refractivity contribution in [2.75, 3.05) is 20.1 Å². The molecule has 1 saturated heterocycles. The van der Waals surface area contributed by atoms with Gasteiger partial charge in [-0.3, -0.25) is 0 Å². The van der Waals surface area contributed by atoms with Gasteiger partial charge in [0.2, 0.25) is 0 Å². The number of fused-ring (bicyclic) bond motifs is 1. The fraction of sp³-hybridized carbons (Fsp3) is 0.400. The Kier molecular flexibility index (Phi) is 4.78. The summed E-state index contributed by atoms with van der Waals surface area (Å²) >= 11 is 5.99. The summed E-state index contributed by atoms with van der Waals surface area (Å²) < 4.78 is 16.3. The van der Waals surface area contributed by atoms with Crippen molar-refractivity contribution in [2.45, 2.75) is 26.1 Å². The average molecular weight is 389 g/mol. The van der Waals surface area contributed by atoms with Crippen LogP contribution in [0.2, 0.25) is 5.02 Å². The van der Waals surface area contributed by atoms with E-state index in [1.807, 2.05) is 41.8 Å². The van der Waals surface area contributed by atoms with Gasteiger partial charge in [-0.25, -0.2) is 4.39 Å². The van der Waals surface area contributed by atoms with E-state index in [2.05, 4.69) is 10.2 Å². The Hall–Kier alpha value is -2.18. The molecule has 0 amide bonds. The third-order valence-corrected chi connectivity index (χ3v) is 5.57. The fourth-order valence-electron chi connectivity index (χ4n) is 3.88. The highest BCUT2D eigenvalue weighted by atomic mass is 35.5. The summed E-state index contributed by atoms with van der Waals surface area (Å²) in [4.78, 5) is 2.03. The molecular formula is C20H22ClFN4O. The zero-order valence-corrected chi connectivity index (χ0v) is 16.1. The molecule has 0 spiro atoms. The molecule has 3 aromatic rings. The minimum Gasteiger partial charge on any atom is -0.507 e. The first kappa shape index (κ1) is 18.2. The van der Waals surface area contributed by atoms with Gasteiger partial charge in [0.1, 0.15) is 11.9 Å². The summed E-state index contributed by atoms with van der Waals surface area (Å²) in [7, 11) is 1.95. The van der Waals surface area contributed by atoms with Crippen molar-refractivity contribution in [3.63, 3.8) is 0 Å². The molecule has 2 aromatic heterocycles. The van der Waals surface area contributed by atoms with Crippen molar-refractivity contribution in [3.8, 4) is 17.0 Å². The number of aromatic hydroxyl groups is 1. The van der Waals surface area contributed by atoms with Crippen molar-refractivity contribution in [1.29, 1.82) is 0 Å². The molecule has 0 saturated carbocycles. The van der Waals surface area contributed by atoms with Crippen LogP contribution in [0.4, 0.5) is 4.39 Å². The zero-order chi connectivity index (χ0) is 19.1. The van der Waals surface area contributed by atoms with Crippen LogP contribution in [0.1, 0.15) is 12.0 Å². The molecule has 1 aliphatic heterocycles. The maximum absolute atomic E-state index is 14.4. The highest BCUT2D eigenvalue weighted by Crippen LogP contribution is 2.35. The normalized spacial score (nSPS) is 21.0. The first-order valence-electron chi connectivity index (χ1n) is 9.07. The largest absolute Gasteiger partial charge is 0.507 e. The standard InChI is InChI=1S/C20H22ClFN4O/c1-12-7-15(21)9-18(27)19(12)17-8-13-4-6-26(20(13)24-23-17)10-14-3-5-25(2)11-16(14)22/h4,6-9,14,16,27H,3,5,10-11H2,1-2H3/t14-,16-/m0/s1. The van der Waals surface area contributed by atoms with Gasteiger partial charge < -0.3 is 14.6 Å². The highest BCUT2D eigenvalue weighted by Gasteiger charge is 2.28. The number of phenolic OH excluding ortho intramolecular Hbond substituents is 1. The minimum atomic E-state index is -0.831. The zero-order valence-electron chi connectivity index (χ0n) is 15.4. The Bertz CT molecular complexity index is 966. The van der Waals surface area contributed by atoms with E-state index in [-0.39, 0.29) is 11.7 Å². The molecular weight excluding hydrogens is 367 g/mol. The summed E-state index contributed by atoms with van der Waals surface area (Å²) in [6.07, 6.45) is 1.94. The van der Waals surface area contributed by atoms with Crippen LogP contribution in [0.25, 0.3) is 22.3 Å². The maximum Gasteiger partial charge on any atom is 0.162 e. The van der Waals surface area contributed by atoms with E-state index in [9.17, 15) is 9.50 Å². The highest BCUT2D eigenvalue weighted by molar-refractivity contribution is 6.31. The molecule has 7 heteroatoms. The number of halogens is 2. The van der Waals surface area contributed by atoms with Gasteiger partial charge in [0, 0.05) is 41.2 Å². The lowest BCUT2D eigenvalue weighted by molar-refractivity contribution is 0.0926. The third-order valence-electron chi connectivity index (χ3n) is 5.35. The van der Waals surface area contributed by atoms with Crippen LogP contribution in [0, 0.1) is 12.8 Å². The number of piperidine rings is 1. The summed E-state index contributed by atoms with van der Waals surface area (Å²) in [6, 6.07) is 7.14. The molecule has 4 rings (SSSR count). The topological polar surface area (TPSA) is 54.2 Å². The Morgan fingerprint density at radius 3 is 2.85 bits per heavy atom. The number of aromatic nitrogens is 3. The molecule has 1 N–H and O–H groups in total. The molecule has 0 radical (unpaired) electrons. The van der Waals surface area contributed by atoms with Crippen LogP contribution in [0.5, 0.6) is 5.75 Å². The second kappa shape index (κ2) is 7.09. The number of hydrogen-bond donors (Lipinski definition) is 1. The number of aryl methyl sites for hydroxylation is 1. The van der Waals surface area contributed by atoms with Crippen molar-refractivity contribution in [1.82, 2.24) is 19.7 Å². The second-order valence-electron chi connectivity index (χ2n) is 7.42. The van der Waals surface area contributed by atoms with Gasteiger partial charge in [0.15, 0.2) is 5.65 Å². The van der Waals surface area contributed by atoms with Crippen LogP contribution < -0.4 is 0 Å². The lowest BCUT2D eigenvalue weighted by atomic mass is 9.95. The van der Waals surface area contributed by atoms with Crippen LogP contribution in [0.3, 0.4) is 0 Å². The summed E-state index contributed by atoms with van der Waals surface area (Å²) in [5.41, 5.74) is 2.78. The fourth-order valence-corrected chi connectivity index (χ4v) is 4.15. The monoisotopic (exact) mass is 388 g/mol. The van der Waals surface area contributed by atoms with E-state index in [4.69, 9.17) is 11.6 Å². The molecule has 0 aliphatic carbocycles. The molecule has 142 valence electrons. The third kappa shape index (κ3) is 3.51. The van der Waals surface area contributed by atoms with Gasteiger partial charge in [0.25, 0.3) is 0 Å². The van der Waals surface area contributed by atoms with E-state index < -0.39 is 6.17 Å². The molecule has 27 heavy (non-hydrogen) atoms. The minimum absolute atomic E-state index is 0.0131. The number of nitrogens with zero attached hydrogens (tertiary/aromatic N) is 4. The summed E-state index contributed by atoms with van der Waals surface area (Å²) in [5.74, 6) is 0.0699. The quantitative estimate of drug-likeness (QED) is 0.735. The number of benzene rings is 1. The molecule has 1 aromatic carbocycles. The second-order valence-corrected chi connectivity index (χ2v) is 7.86.